The summed E-state index contributed by atoms with van der Waals surface area (Å²) in [6.45, 7) is 0.753. The van der Waals surface area contributed by atoms with E-state index < -0.39 is 0 Å². The number of amides is 1. The highest BCUT2D eigenvalue weighted by atomic mass is 32.2. The summed E-state index contributed by atoms with van der Waals surface area (Å²) in [7, 11) is 1.66. The molecule has 0 saturated carbocycles. The maximum Gasteiger partial charge on any atom is 0.237 e. The van der Waals surface area contributed by atoms with Gasteiger partial charge in [-0.15, -0.1) is 0 Å². The second-order valence-electron chi connectivity index (χ2n) is 6.13. The van der Waals surface area contributed by atoms with Crippen molar-refractivity contribution in [2.45, 2.75) is 17.9 Å². The Bertz CT molecular complexity index is 955. The summed E-state index contributed by atoms with van der Waals surface area (Å²) in [5.41, 5.74) is 3.06. The molecule has 26 heavy (non-hydrogen) atoms. The van der Waals surface area contributed by atoms with Gasteiger partial charge in [0.05, 0.1) is 18.4 Å². The van der Waals surface area contributed by atoms with Crippen molar-refractivity contribution in [2.75, 3.05) is 24.3 Å². The van der Waals surface area contributed by atoms with Crippen molar-refractivity contribution in [1.29, 1.82) is 0 Å². The smallest absolute Gasteiger partial charge is 0.237 e. The molecule has 0 unspecified atom stereocenters. The Morgan fingerprint density at radius 3 is 3.00 bits per heavy atom. The fraction of sp³-hybridized carbons (Fsp3) is 0.250. The van der Waals surface area contributed by atoms with Crippen molar-refractivity contribution in [3.8, 4) is 5.75 Å². The number of methoxy groups -OCH3 is 1. The van der Waals surface area contributed by atoms with Gasteiger partial charge in [0.25, 0.3) is 0 Å². The summed E-state index contributed by atoms with van der Waals surface area (Å²) in [5, 5.41) is 1.83. The summed E-state index contributed by atoms with van der Waals surface area (Å²) < 4.78 is 5.30. The number of thioether (sulfide) groups is 1. The highest BCUT2D eigenvalue weighted by Crippen LogP contribution is 2.32. The zero-order valence-electron chi connectivity index (χ0n) is 14.5. The van der Waals surface area contributed by atoms with E-state index in [1.807, 2.05) is 47.4 Å². The van der Waals surface area contributed by atoms with Crippen LogP contribution in [0.5, 0.6) is 5.75 Å². The van der Waals surface area contributed by atoms with Crippen LogP contribution in [0.4, 0.5) is 5.69 Å². The van der Waals surface area contributed by atoms with Crippen molar-refractivity contribution in [2.24, 2.45) is 0 Å². The third kappa shape index (κ3) is 3.24. The Labute approximate surface area is 156 Å². The van der Waals surface area contributed by atoms with E-state index in [1.165, 1.54) is 17.3 Å². The average molecular weight is 365 g/mol. The Hall–Kier alpha value is -2.60. The maximum atomic E-state index is 12.9. The van der Waals surface area contributed by atoms with E-state index in [1.54, 1.807) is 13.4 Å². The lowest BCUT2D eigenvalue weighted by Gasteiger charge is -2.29. The number of fused-ring (bicyclic) bond motifs is 2. The first-order valence-corrected chi connectivity index (χ1v) is 9.54. The van der Waals surface area contributed by atoms with Gasteiger partial charge in [0, 0.05) is 17.6 Å². The fourth-order valence-corrected chi connectivity index (χ4v) is 4.13. The average Bonchev–Trinajstić information content (AvgIpc) is 2.71. The SMILES string of the molecule is COc1ccc2c(c1)CCCN2C(=O)CSc1ncnc2ccccc12. The van der Waals surface area contributed by atoms with Crippen molar-refractivity contribution >= 4 is 34.3 Å². The Balaban J connectivity index is 1.53. The Kier molecular flexibility index (Phi) is 4.75. The Morgan fingerprint density at radius 2 is 2.12 bits per heavy atom. The molecular weight excluding hydrogens is 346 g/mol. The van der Waals surface area contributed by atoms with Crippen molar-refractivity contribution in [3.63, 3.8) is 0 Å². The molecule has 5 nitrogen and oxygen atoms in total. The van der Waals surface area contributed by atoms with Crippen molar-refractivity contribution in [1.82, 2.24) is 9.97 Å². The van der Waals surface area contributed by atoms with E-state index in [0.29, 0.717) is 5.75 Å². The van der Waals surface area contributed by atoms with Crippen molar-refractivity contribution < 1.29 is 9.53 Å². The first kappa shape index (κ1) is 16.8. The van der Waals surface area contributed by atoms with Gasteiger partial charge < -0.3 is 9.64 Å². The van der Waals surface area contributed by atoms with Crippen molar-refractivity contribution in [3.05, 3.63) is 54.4 Å². The minimum Gasteiger partial charge on any atom is -0.497 e. The van der Waals surface area contributed by atoms with Crippen LogP contribution < -0.4 is 9.64 Å². The third-order valence-electron chi connectivity index (χ3n) is 4.54. The first-order valence-electron chi connectivity index (χ1n) is 8.56. The van der Waals surface area contributed by atoms with E-state index in [2.05, 4.69) is 9.97 Å². The summed E-state index contributed by atoms with van der Waals surface area (Å²) in [6.07, 6.45) is 3.49. The van der Waals surface area contributed by atoms with E-state index in [0.717, 1.165) is 46.8 Å². The van der Waals surface area contributed by atoms with Crippen LogP contribution in [-0.2, 0) is 11.2 Å². The lowest BCUT2D eigenvalue weighted by molar-refractivity contribution is -0.116. The summed E-state index contributed by atoms with van der Waals surface area (Å²) in [6, 6.07) is 13.8. The second-order valence-corrected chi connectivity index (χ2v) is 7.09. The molecule has 0 radical (unpaired) electrons. The predicted octanol–water partition coefficient (Wildman–Crippen LogP) is 3.71. The molecule has 6 heteroatoms. The maximum absolute atomic E-state index is 12.9. The predicted molar refractivity (Wildman–Crippen MR) is 104 cm³/mol. The van der Waals surface area contributed by atoms with Crippen LogP contribution in [0.15, 0.2) is 53.8 Å². The van der Waals surface area contributed by atoms with Gasteiger partial charge in [-0.05, 0) is 42.7 Å². The second kappa shape index (κ2) is 7.33. The largest absolute Gasteiger partial charge is 0.497 e. The first-order chi connectivity index (χ1) is 12.8. The van der Waals surface area contributed by atoms with Crippen LogP contribution in [0, 0.1) is 0 Å². The molecule has 132 valence electrons. The third-order valence-corrected chi connectivity index (χ3v) is 5.54. The van der Waals surface area contributed by atoms with E-state index >= 15 is 0 Å². The number of aryl methyl sites for hydroxylation is 1. The van der Waals surface area contributed by atoms with Crippen LogP contribution in [0.2, 0.25) is 0 Å². The van der Waals surface area contributed by atoms with Gasteiger partial charge in [0.1, 0.15) is 17.1 Å². The molecule has 0 fully saturated rings. The van der Waals surface area contributed by atoms with E-state index in [4.69, 9.17) is 4.74 Å². The standard InChI is InChI=1S/C20H19N3O2S/c1-25-15-8-9-18-14(11-15)5-4-10-23(18)19(24)12-26-20-16-6-2-3-7-17(16)21-13-22-20/h2-3,6-9,11,13H,4-5,10,12H2,1H3. The highest BCUT2D eigenvalue weighted by molar-refractivity contribution is 8.00. The van der Waals surface area contributed by atoms with Gasteiger partial charge in [-0.3, -0.25) is 4.79 Å². The van der Waals surface area contributed by atoms with Gasteiger partial charge in [0.15, 0.2) is 0 Å². The number of para-hydroxylation sites is 1. The van der Waals surface area contributed by atoms with E-state index in [9.17, 15) is 4.79 Å². The minimum atomic E-state index is 0.101. The molecule has 0 spiro atoms. The normalized spacial score (nSPS) is 13.5. The number of carbonyl (C=O) groups is 1. The number of benzene rings is 2. The molecule has 1 aromatic heterocycles. The van der Waals surface area contributed by atoms with Crippen LogP contribution in [0.1, 0.15) is 12.0 Å². The van der Waals surface area contributed by atoms with Gasteiger partial charge in [-0.2, -0.15) is 0 Å². The van der Waals surface area contributed by atoms with Gasteiger partial charge in [0.2, 0.25) is 5.91 Å². The molecule has 0 atom stereocenters. The zero-order chi connectivity index (χ0) is 17.9. The van der Waals surface area contributed by atoms with Crippen LogP contribution in [0.25, 0.3) is 10.9 Å². The zero-order valence-corrected chi connectivity index (χ0v) is 15.3. The molecule has 0 saturated heterocycles. The number of nitrogens with zero attached hydrogens (tertiary/aromatic N) is 3. The molecule has 4 rings (SSSR count). The topological polar surface area (TPSA) is 55.3 Å². The summed E-state index contributed by atoms with van der Waals surface area (Å²) in [5.74, 6) is 1.29. The van der Waals surface area contributed by atoms with Crippen LogP contribution >= 0.6 is 11.8 Å². The molecule has 2 aromatic carbocycles. The summed E-state index contributed by atoms with van der Waals surface area (Å²) in [4.78, 5) is 23.4. The lowest BCUT2D eigenvalue weighted by Crippen LogP contribution is -2.36. The highest BCUT2D eigenvalue weighted by Gasteiger charge is 2.23. The van der Waals surface area contributed by atoms with Gasteiger partial charge >= 0.3 is 0 Å². The number of aromatic nitrogens is 2. The summed E-state index contributed by atoms with van der Waals surface area (Å²) >= 11 is 1.47. The van der Waals surface area contributed by atoms with Gasteiger partial charge in [-0.25, -0.2) is 9.97 Å². The monoisotopic (exact) mass is 365 g/mol. The molecule has 1 aliphatic rings. The molecular formula is C20H19N3O2S. The number of rotatable bonds is 4. The fourth-order valence-electron chi connectivity index (χ4n) is 3.26. The molecule has 2 heterocycles. The lowest BCUT2D eigenvalue weighted by atomic mass is 10.0. The quantitative estimate of drug-likeness (QED) is 0.521. The number of hydrogen-bond donors (Lipinski definition) is 0. The molecule has 3 aromatic rings. The molecule has 1 amide bonds. The number of carbonyl (C=O) groups excluding carboxylic acids is 1. The molecule has 0 N–H and O–H groups in total. The van der Waals surface area contributed by atoms with Crippen LogP contribution in [-0.4, -0.2) is 35.3 Å². The number of ether oxygens (including phenoxy) is 1. The van der Waals surface area contributed by atoms with E-state index in [-0.39, 0.29) is 5.91 Å². The molecule has 0 aliphatic carbocycles. The number of anilines is 1. The molecule has 0 bridgehead atoms. The molecule has 1 aliphatic heterocycles. The minimum absolute atomic E-state index is 0.101. The number of hydrogen-bond acceptors (Lipinski definition) is 5. The Morgan fingerprint density at radius 1 is 1.23 bits per heavy atom. The van der Waals surface area contributed by atoms with Crippen LogP contribution in [0.3, 0.4) is 0 Å². The van der Waals surface area contributed by atoms with Gasteiger partial charge in [-0.1, -0.05) is 30.0 Å².